The van der Waals surface area contributed by atoms with E-state index < -0.39 is 0 Å². The molecule has 6 nitrogen and oxygen atoms in total. The van der Waals surface area contributed by atoms with Crippen LogP contribution in [0, 0.1) is 5.92 Å². The average molecular weight is 380 g/mol. The van der Waals surface area contributed by atoms with Gasteiger partial charge in [-0.2, -0.15) is 0 Å². The van der Waals surface area contributed by atoms with Crippen molar-refractivity contribution in [3.05, 3.63) is 69.8 Å². The van der Waals surface area contributed by atoms with Crippen LogP contribution in [0.15, 0.2) is 52.9 Å². The van der Waals surface area contributed by atoms with Crippen LogP contribution in [0.4, 0.5) is 0 Å². The van der Waals surface area contributed by atoms with Crippen molar-refractivity contribution in [2.24, 2.45) is 5.92 Å². The highest BCUT2D eigenvalue weighted by Gasteiger charge is 2.36. The van der Waals surface area contributed by atoms with Crippen LogP contribution in [0.5, 0.6) is 0 Å². The van der Waals surface area contributed by atoms with Gasteiger partial charge in [0, 0.05) is 55.1 Å². The Bertz CT molecular complexity index is 1040. The number of piperidine rings is 1. The van der Waals surface area contributed by atoms with Crippen molar-refractivity contribution in [2.75, 3.05) is 13.1 Å². The zero-order valence-electron chi connectivity index (χ0n) is 14.8. The van der Waals surface area contributed by atoms with Crippen LogP contribution in [0.1, 0.15) is 23.7 Å². The number of amides is 1. The standard InChI is InChI=1S/C20H20N4O2S/c25-18-5-3-4-17-15-8-14(11-24(17)18)10-23(12-15)19(26)9-16-13-27-20(21-16)22-6-1-2-7-22/h1-7,13-15H,8-12H2. The van der Waals surface area contributed by atoms with E-state index in [2.05, 4.69) is 4.98 Å². The quantitative estimate of drug-likeness (QED) is 0.700. The van der Waals surface area contributed by atoms with Gasteiger partial charge < -0.3 is 14.0 Å². The molecule has 1 saturated heterocycles. The third-order valence-electron chi connectivity index (χ3n) is 5.53. The van der Waals surface area contributed by atoms with Crippen molar-refractivity contribution in [3.63, 3.8) is 0 Å². The summed E-state index contributed by atoms with van der Waals surface area (Å²) in [5, 5.41) is 2.85. The average Bonchev–Trinajstić information content (AvgIpc) is 3.34. The van der Waals surface area contributed by atoms with E-state index in [1.807, 2.05) is 56.1 Å². The largest absolute Gasteiger partial charge is 0.341 e. The second kappa shape index (κ2) is 6.49. The first-order valence-corrected chi connectivity index (χ1v) is 10.1. The van der Waals surface area contributed by atoms with Crippen LogP contribution in [0.2, 0.25) is 0 Å². The molecule has 0 saturated carbocycles. The highest BCUT2D eigenvalue weighted by molar-refractivity contribution is 7.12. The lowest BCUT2D eigenvalue weighted by Gasteiger charge is -2.42. The van der Waals surface area contributed by atoms with Crippen molar-refractivity contribution in [3.8, 4) is 5.13 Å². The van der Waals surface area contributed by atoms with E-state index in [9.17, 15) is 9.59 Å². The fraction of sp³-hybridized carbons (Fsp3) is 0.350. The summed E-state index contributed by atoms with van der Waals surface area (Å²) in [6.45, 7) is 2.13. The Hall–Kier alpha value is -2.67. The van der Waals surface area contributed by atoms with Gasteiger partial charge in [-0.3, -0.25) is 9.59 Å². The van der Waals surface area contributed by atoms with Crippen molar-refractivity contribution >= 4 is 17.2 Å². The Balaban J connectivity index is 1.32. The number of nitrogens with zero attached hydrogens (tertiary/aromatic N) is 4. The number of hydrogen-bond donors (Lipinski definition) is 0. The molecule has 2 aliphatic rings. The Labute approximate surface area is 160 Å². The molecule has 1 amide bonds. The molecule has 2 unspecified atom stereocenters. The molecule has 27 heavy (non-hydrogen) atoms. The summed E-state index contributed by atoms with van der Waals surface area (Å²) >= 11 is 1.55. The maximum atomic E-state index is 12.9. The number of carbonyl (C=O) groups is 1. The minimum atomic E-state index is 0.0713. The molecule has 0 N–H and O–H groups in total. The second-order valence-corrected chi connectivity index (χ2v) is 8.22. The Morgan fingerprint density at radius 1 is 1.15 bits per heavy atom. The number of fused-ring (bicyclic) bond motifs is 4. The number of carbonyl (C=O) groups excluding carboxylic acids is 1. The molecule has 7 heteroatoms. The Morgan fingerprint density at radius 2 is 2.00 bits per heavy atom. The van der Waals surface area contributed by atoms with E-state index in [1.54, 1.807) is 17.4 Å². The number of pyridine rings is 1. The Kier molecular flexibility index (Phi) is 3.97. The third kappa shape index (κ3) is 3.02. The summed E-state index contributed by atoms with van der Waals surface area (Å²) in [6, 6.07) is 9.40. The van der Waals surface area contributed by atoms with Gasteiger partial charge in [0.25, 0.3) is 5.56 Å². The molecular formula is C20H20N4O2S. The zero-order valence-corrected chi connectivity index (χ0v) is 15.6. The van der Waals surface area contributed by atoms with Crippen LogP contribution in [0.3, 0.4) is 0 Å². The maximum Gasteiger partial charge on any atom is 0.250 e. The first-order chi connectivity index (χ1) is 13.2. The summed E-state index contributed by atoms with van der Waals surface area (Å²) < 4.78 is 3.85. The molecule has 0 aromatic carbocycles. The molecular weight excluding hydrogens is 360 g/mol. The number of thiazole rings is 1. The number of likely N-dealkylation sites (tertiary alicyclic amines) is 1. The highest BCUT2D eigenvalue weighted by Crippen LogP contribution is 2.35. The minimum Gasteiger partial charge on any atom is -0.341 e. The molecule has 3 aromatic heterocycles. The van der Waals surface area contributed by atoms with Gasteiger partial charge in [0.15, 0.2) is 5.13 Å². The van der Waals surface area contributed by atoms with E-state index in [1.165, 1.54) is 0 Å². The van der Waals surface area contributed by atoms with Gasteiger partial charge in [0.2, 0.25) is 5.91 Å². The van der Waals surface area contributed by atoms with Crippen LogP contribution in [-0.2, 0) is 17.8 Å². The normalized spacial score (nSPS) is 21.1. The summed E-state index contributed by atoms with van der Waals surface area (Å²) in [7, 11) is 0. The van der Waals surface area contributed by atoms with E-state index >= 15 is 0 Å². The zero-order chi connectivity index (χ0) is 18.4. The first-order valence-electron chi connectivity index (χ1n) is 9.22. The minimum absolute atomic E-state index is 0.0713. The molecule has 3 aromatic rings. The van der Waals surface area contributed by atoms with E-state index in [4.69, 9.17) is 0 Å². The lowest BCUT2D eigenvalue weighted by atomic mass is 9.83. The predicted molar refractivity (Wildman–Crippen MR) is 103 cm³/mol. The molecule has 0 spiro atoms. The molecule has 5 heterocycles. The van der Waals surface area contributed by atoms with Crippen LogP contribution in [0.25, 0.3) is 5.13 Å². The van der Waals surface area contributed by atoms with E-state index in [-0.39, 0.29) is 17.4 Å². The van der Waals surface area contributed by atoms with Crippen LogP contribution < -0.4 is 5.56 Å². The van der Waals surface area contributed by atoms with Crippen molar-refractivity contribution in [2.45, 2.75) is 25.3 Å². The Morgan fingerprint density at radius 3 is 2.85 bits per heavy atom. The smallest absolute Gasteiger partial charge is 0.250 e. The van der Waals surface area contributed by atoms with Gasteiger partial charge in [-0.25, -0.2) is 4.98 Å². The topological polar surface area (TPSA) is 60.1 Å². The van der Waals surface area contributed by atoms with Gasteiger partial charge in [-0.05, 0) is 30.5 Å². The molecule has 0 aliphatic carbocycles. The van der Waals surface area contributed by atoms with Crippen LogP contribution >= 0.6 is 11.3 Å². The summed E-state index contributed by atoms with van der Waals surface area (Å²) in [6.07, 6.45) is 5.30. The fourth-order valence-corrected chi connectivity index (χ4v) is 5.12. The van der Waals surface area contributed by atoms with Crippen LogP contribution in [-0.4, -0.2) is 38.0 Å². The second-order valence-electron chi connectivity index (χ2n) is 7.39. The van der Waals surface area contributed by atoms with Gasteiger partial charge in [0.1, 0.15) is 0 Å². The monoisotopic (exact) mass is 380 g/mol. The van der Waals surface area contributed by atoms with E-state index in [0.717, 1.165) is 29.5 Å². The highest BCUT2D eigenvalue weighted by atomic mass is 32.1. The molecule has 5 rings (SSSR count). The van der Waals surface area contributed by atoms with Gasteiger partial charge in [-0.15, -0.1) is 11.3 Å². The predicted octanol–water partition coefficient (Wildman–Crippen LogP) is 2.28. The number of aromatic nitrogens is 3. The maximum absolute atomic E-state index is 12.9. The fourth-order valence-electron chi connectivity index (χ4n) is 4.32. The molecule has 2 bridgehead atoms. The molecule has 138 valence electrons. The third-order valence-corrected chi connectivity index (χ3v) is 6.43. The molecule has 1 fully saturated rings. The molecule has 2 atom stereocenters. The number of hydrogen-bond acceptors (Lipinski definition) is 4. The molecule has 2 aliphatic heterocycles. The van der Waals surface area contributed by atoms with Crippen molar-refractivity contribution in [1.29, 1.82) is 0 Å². The lowest BCUT2D eigenvalue weighted by molar-refractivity contribution is -0.133. The molecule has 0 radical (unpaired) electrons. The first kappa shape index (κ1) is 16.5. The number of rotatable bonds is 3. The summed E-state index contributed by atoms with van der Waals surface area (Å²) in [5.74, 6) is 0.730. The van der Waals surface area contributed by atoms with Gasteiger partial charge >= 0.3 is 0 Å². The van der Waals surface area contributed by atoms with Crippen molar-refractivity contribution < 1.29 is 4.79 Å². The van der Waals surface area contributed by atoms with Gasteiger partial charge in [0.05, 0.1) is 12.1 Å². The SMILES string of the molecule is O=C(Cc1csc(-n2cccc2)n1)N1CC2CC(C1)c1cccc(=O)n1C2. The lowest BCUT2D eigenvalue weighted by Crippen LogP contribution is -2.49. The van der Waals surface area contributed by atoms with Gasteiger partial charge in [-0.1, -0.05) is 6.07 Å². The van der Waals surface area contributed by atoms with E-state index in [0.29, 0.717) is 25.4 Å². The summed E-state index contributed by atoms with van der Waals surface area (Å²) in [4.78, 5) is 31.6. The summed E-state index contributed by atoms with van der Waals surface area (Å²) in [5.41, 5.74) is 1.96. The van der Waals surface area contributed by atoms with Crippen molar-refractivity contribution in [1.82, 2.24) is 19.0 Å².